The summed E-state index contributed by atoms with van der Waals surface area (Å²) in [7, 11) is -4.59. The Labute approximate surface area is 241 Å². The SMILES string of the molecule is CC(C)(c1cc(NC(=O)Cc2ccc(-c3cnc(NCCN4CCOCC4)cc3CS(=O)(=O)[O-])cc2)no1)C(F)(F)F. The van der Waals surface area contributed by atoms with Crippen LogP contribution in [-0.4, -0.2) is 79.5 Å². The molecule has 11 nitrogen and oxygen atoms in total. The standard InChI is InChI=1S/C27H32F3N5O6S/c1-26(2,27(28,29)30)22-15-24(34-41-22)33-25(36)13-18-3-5-19(6-4-18)21-16-32-23(14-20(21)17-42(37,38)39)31-7-8-35-9-11-40-12-10-35/h3-6,14-16H,7-13,17H2,1-2H3,(H,31,32)(H,33,34,36)(H,37,38,39)/p-1. The van der Waals surface area contributed by atoms with Crippen LogP contribution < -0.4 is 10.6 Å². The summed E-state index contributed by atoms with van der Waals surface area (Å²) >= 11 is 0. The Hall–Kier alpha value is -3.53. The summed E-state index contributed by atoms with van der Waals surface area (Å²) in [5.74, 6) is -1.39. The van der Waals surface area contributed by atoms with Crippen molar-refractivity contribution in [3.63, 3.8) is 0 Å². The van der Waals surface area contributed by atoms with E-state index in [1.807, 2.05) is 0 Å². The average molecular weight is 611 g/mol. The zero-order valence-corrected chi connectivity index (χ0v) is 23.8. The molecule has 228 valence electrons. The molecule has 1 amide bonds. The molecule has 1 aliphatic rings. The third-order valence-electron chi connectivity index (χ3n) is 6.89. The summed E-state index contributed by atoms with van der Waals surface area (Å²) in [6.07, 6.45) is -3.19. The number of halogens is 3. The predicted molar refractivity (Wildman–Crippen MR) is 147 cm³/mol. The first kappa shape index (κ1) is 31.4. The van der Waals surface area contributed by atoms with Crippen molar-refractivity contribution in [3.8, 4) is 11.1 Å². The maximum atomic E-state index is 13.2. The van der Waals surface area contributed by atoms with E-state index in [-0.39, 0.29) is 17.8 Å². The first-order valence-electron chi connectivity index (χ1n) is 13.1. The van der Waals surface area contributed by atoms with Gasteiger partial charge in [0.2, 0.25) is 5.91 Å². The Morgan fingerprint density at radius 1 is 1.10 bits per heavy atom. The molecular weight excluding hydrogens is 579 g/mol. The molecule has 2 N–H and O–H groups in total. The van der Waals surface area contributed by atoms with E-state index in [9.17, 15) is 30.9 Å². The summed E-state index contributed by atoms with van der Waals surface area (Å²) < 4.78 is 84.7. The second-order valence-electron chi connectivity index (χ2n) is 10.4. The molecule has 0 radical (unpaired) electrons. The Bertz CT molecular complexity index is 1490. The van der Waals surface area contributed by atoms with Crippen molar-refractivity contribution in [2.24, 2.45) is 0 Å². The van der Waals surface area contributed by atoms with E-state index in [4.69, 9.17) is 9.26 Å². The highest BCUT2D eigenvalue weighted by Gasteiger charge is 2.51. The molecular formula is C27H31F3N5O6S-. The van der Waals surface area contributed by atoms with Crippen molar-refractivity contribution >= 4 is 27.7 Å². The Balaban J connectivity index is 1.41. The zero-order chi connectivity index (χ0) is 30.5. The molecule has 3 heterocycles. The first-order valence-corrected chi connectivity index (χ1v) is 14.7. The van der Waals surface area contributed by atoms with Gasteiger partial charge in [-0.1, -0.05) is 29.4 Å². The number of nitrogens with zero attached hydrogens (tertiary/aromatic N) is 3. The van der Waals surface area contributed by atoms with E-state index >= 15 is 0 Å². The van der Waals surface area contributed by atoms with E-state index in [0.29, 0.717) is 42.3 Å². The lowest BCUT2D eigenvalue weighted by Crippen LogP contribution is -2.39. The van der Waals surface area contributed by atoms with Crippen LogP contribution in [0.15, 0.2) is 47.1 Å². The molecule has 0 bridgehead atoms. The van der Waals surface area contributed by atoms with Gasteiger partial charge in [-0.15, -0.1) is 0 Å². The van der Waals surface area contributed by atoms with E-state index in [2.05, 4.69) is 25.7 Å². The van der Waals surface area contributed by atoms with Crippen LogP contribution in [0.4, 0.5) is 24.8 Å². The van der Waals surface area contributed by atoms with Gasteiger partial charge in [0.1, 0.15) is 11.2 Å². The molecule has 42 heavy (non-hydrogen) atoms. The van der Waals surface area contributed by atoms with Gasteiger partial charge in [-0.05, 0) is 36.6 Å². The monoisotopic (exact) mass is 610 g/mol. The number of hydrogen-bond acceptors (Lipinski definition) is 10. The first-order chi connectivity index (χ1) is 19.7. The van der Waals surface area contributed by atoms with Crippen molar-refractivity contribution in [1.29, 1.82) is 0 Å². The lowest BCUT2D eigenvalue weighted by molar-refractivity contribution is -0.185. The van der Waals surface area contributed by atoms with Gasteiger partial charge in [-0.25, -0.2) is 13.4 Å². The third kappa shape index (κ3) is 8.27. The highest BCUT2D eigenvalue weighted by molar-refractivity contribution is 7.84. The minimum atomic E-state index is -4.59. The van der Waals surface area contributed by atoms with Crippen molar-refractivity contribution in [3.05, 3.63) is 59.5 Å². The number of carbonyl (C=O) groups is 1. The van der Waals surface area contributed by atoms with Crippen LogP contribution in [0.5, 0.6) is 0 Å². The summed E-state index contributed by atoms with van der Waals surface area (Å²) in [6.45, 7) is 6.22. The number of aromatic nitrogens is 2. The topological polar surface area (TPSA) is 150 Å². The molecule has 0 unspecified atom stereocenters. The van der Waals surface area contributed by atoms with Gasteiger partial charge in [0.05, 0.1) is 35.5 Å². The molecule has 0 saturated carbocycles. The number of anilines is 2. The van der Waals surface area contributed by atoms with Crippen molar-refractivity contribution in [2.75, 3.05) is 50.0 Å². The van der Waals surface area contributed by atoms with Crippen LogP contribution in [0.2, 0.25) is 0 Å². The summed E-state index contributed by atoms with van der Waals surface area (Å²) in [4.78, 5) is 19.1. The molecule has 4 rings (SSSR count). The molecule has 15 heteroatoms. The number of nitrogens with one attached hydrogen (secondary N) is 2. The van der Waals surface area contributed by atoms with Crippen molar-refractivity contribution in [2.45, 2.75) is 37.6 Å². The fourth-order valence-corrected chi connectivity index (χ4v) is 4.89. The molecule has 1 fully saturated rings. The number of pyridine rings is 1. The third-order valence-corrected chi connectivity index (χ3v) is 7.56. The van der Waals surface area contributed by atoms with E-state index in [1.165, 1.54) is 12.3 Å². The molecule has 2 aromatic heterocycles. The maximum Gasteiger partial charge on any atom is 0.401 e. The van der Waals surface area contributed by atoms with Gasteiger partial charge in [-0.3, -0.25) is 9.69 Å². The lowest BCUT2D eigenvalue weighted by atomic mass is 9.89. The van der Waals surface area contributed by atoms with Gasteiger partial charge in [0.25, 0.3) is 0 Å². The Morgan fingerprint density at radius 2 is 1.79 bits per heavy atom. The maximum absolute atomic E-state index is 13.2. The van der Waals surface area contributed by atoms with Crippen LogP contribution >= 0.6 is 0 Å². The summed E-state index contributed by atoms with van der Waals surface area (Å²) in [5, 5.41) is 9.10. The van der Waals surface area contributed by atoms with Gasteiger partial charge in [0.15, 0.2) is 11.6 Å². The molecule has 3 aromatic rings. The summed E-state index contributed by atoms with van der Waals surface area (Å²) in [5.41, 5.74) is -0.395. The number of carbonyl (C=O) groups excluding carboxylic acids is 1. The smallest absolute Gasteiger partial charge is 0.401 e. The minimum absolute atomic E-state index is 0.114. The fourth-order valence-electron chi connectivity index (χ4n) is 4.27. The van der Waals surface area contributed by atoms with E-state index in [0.717, 1.165) is 39.5 Å². The summed E-state index contributed by atoms with van der Waals surface area (Å²) in [6, 6.07) is 9.17. The molecule has 0 aliphatic carbocycles. The second kappa shape index (κ2) is 12.8. The van der Waals surface area contributed by atoms with Crippen LogP contribution in [0.25, 0.3) is 11.1 Å². The van der Waals surface area contributed by atoms with Gasteiger partial charge < -0.3 is 24.4 Å². The largest absolute Gasteiger partial charge is 0.748 e. The van der Waals surface area contributed by atoms with Crippen LogP contribution in [0.3, 0.4) is 0 Å². The highest BCUT2D eigenvalue weighted by atomic mass is 32.2. The average Bonchev–Trinajstić information content (AvgIpc) is 3.38. The number of alkyl halides is 3. The minimum Gasteiger partial charge on any atom is -0.748 e. The number of rotatable bonds is 11. The molecule has 1 saturated heterocycles. The van der Waals surface area contributed by atoms with E-state index < -0.39 is 39.1 Å². The van der Waals surface area contributed by atoms with Gasteiger partial charge >= 0.3 is 6.18 Å². The Morgan fingerprint density at radius 3 is 2.43 bits per heavy atom. The van der Waals surface area contributed by atoms with Crippen LogP contribution in [0.1, 0.15) is 30.7 Å². The van der Waals surface area contributed by atoms with Crippen molar-refractivity contribution < 1.29 is 40.2 Å². The van der Waals surface area contributed by atoms with Gasteiger partial charge in [-0.2, -0.15) is 13.2 Å². The fraction of sp³-hybridized carbons (Fsp3) is 0.444. The molecule has 0 spiro atoms. The van der Waals surface area contributed by atoms with Gasteiger partial charge in [0, 0.05) is 44.0 Å². The van der Waals surface area contributed by atoms with Crippen LogP contribution in [0, 0.1) is 0 Å². The number of amides is 1. The zero-order valence-electron chi connectivity index (χ0n) is 23.0. The number of morpholine rings is 1. The number of hydrogen-bond donors (Lipinski definition) is 2. The number of benzene rings is 1. The highest BCUT2D eigenvalue weighted by Crippen LogP contribution is 2.41. The normalized spacial score (nSPS) is 15.0. The predicted octanol–water partition coefficient (Wildman–Crippen LogP) is 3.55. The van der Waals surface area contributed by atoms with Crippen LogP contribution in [-0.2, 0) is 37.2 Å². The van der Waals surface area contributed by atoms with Crippen molar-refractivity contribution in [1.82, 2.24) is 15.0 Å². The molecule has 1 aromatic carbocycles. The Kier molecular flexibility index (Phi) is 9.55. The molecule has 0 atom stereocenters. The number of ether oxygens (including phenoxy) is 1. The molecule has 1 aliphatic heterocycles. The lowest BCUT2D eigenvalue weighted by Gasteiger charge is -2.26. The quantitative estimate of drug-likeness (QED) is 0.309. The van der Waals surface area contributed by atoms with E-state index in [1.54, 1.807) is 24.3 Å². The second-order valence-corrected chi connectivity index (χ2v) is 11.8.